The molecule has 4 rings (SSSR count). The van der Waals surface area contributed by atoms with Gasteiger partial charge >= 0.3 is 12.1 Å². The molecule has 194 valence electrons. The van der Waals surface area contributed by atoms with E-state index in [-0.39, 0.29) is 6.79 Å². The van der Waals surface area contributed by atoms with Gasteiger partial charge in [0.2, 0.25) is 6.79 Å². The number of carbonyl (C=O) groups is 2. The van der Waals surface area contributed by atoms with Crippen molar-refractivity contribution in [3.05, 3.63) is 66.2 Å². The van der Waals surface area contributed by atoms with Crippen molar-refractivity contribution in [1.29, 1.82) is 0 Å². The highest BCUT2D eigenvalue weighted by atomic mass is 16.7. The van der Waals surface area contributed by atoms with Gasteiger partial charge in [-0.25, -0.2) is 9.59 Å². The predicted molar refractivity (Wildman–Crippen MR) is 140 cm³/mol. The molecule has 0 aliphatic carbocycles. The second-order valence-electron chi connectivity index (χ2n) is 10.5. The molecule has 0 saturated carbocycles. The lowest BCUT2D eigenvalue weighted by Crippen LogP contribution is -2.25. The van der Waals surface area contributed by atoms with E-state index in [0.717, 1.165) is 11.1 Å². The van der Waals surface area contributed by atoms with Crippen molar-refractivity contribution in [3.8, 4) is 28.4 Å². The molecule has 8 heteroatoms. The monoisotopic (exact) mass is 505 g/mol. The van der Waals surface area contributed by atoms with Gasteiger partial charge in [-0.1, -0.05) is 18.2 Å². The van der Waals surface area contributed by atoms with Crippen molar-refractivity contribution in [2.75, 3.05) is 12.1 Å². The Morgan fingerprint density at radius 3 is 2.22 bits per heavy atom. The van der Waals surface area contributed by atoms with Crippen molar-refractivity contribution in [2.24, 2.45) is 0 Å². The number of nitrogens with one attached hydrogen (secondary N) is 1. The fourth-order valence-electron chi connectivity index (χ4n) is 3.57. The minimum Gasteiger partial charge on any atom is -0.456 e. The van der Waals surface area contributed by atoms with Crippen LogP contribution in [0.2, 0.25) is 0 Å². The van der Waals surface area contributed by atoms with Gasteiger partial charge in [0.05, 0.1) is 11.3 Å². The number of carbonyl (C=O) groups excluding carboxylic acids is 2. The topological polar surface area (TPSA) is 92.3 Å². The molecule has 3 aromatic carbocycles. The van der Waals surface area contributed by atoms with Crippen LogP contribution in [0.3, 0.4) is 0 Å². The van der Waals surface area contributed by atoms with E-state index in [1.807, 2.05) is 51.1 Å². The molecule has 1 N–H and O–H groups in total. The van der Waals surface area contributed by atoms with Gasteiger partial charge in [-0.2, -0.15) is 0 Å². The van der Waals surface area contributed by atoms with Crippen LogP contribution in [0, 0.1) is 0 Å². The summed E-state index contributed by atoms with van der Waals surface area (Å²) in [5.41, 5.74) is 1.89. The Hall–Kier alpha value is -4.20. The van der Waals surface area contributed by atoms with Crippen LogP contribution in [0.25, 0.3) is 11.1 Å². The standard InChI is InChI=1S/C29H31NO7/c1-28(2,3)36-26(31)22-12-10-19(15-23(22)30-20-11-13-24-25(16-20)34-17-33-24)18-8-7-9-21(14-18)35-27(32)37-29(4,5)6/h7-16,30H,17H2,1-6H3. The number of anilines is 2. The lowest BCUT2D eigenvalue weighted by Gasteiger charge is -2.21. The summed E-state index contributed by atoms with van der Waals surface area (Å²) in [5, 5.41) is 3.31. The maximum Gasteiger partial charge on any atom is 0.514 e. The summed E-state index contributed by atoms with van der Waals surface area (Å²) in [4.78, 5) is 25.1. The molecule has 1 aliphatic heterocycles. The number of esters is 1. The number of ether oxygens (including phenoxy) is 5. The third-order valence-electron chi connectivity index (χ3n) is 5.05. The summed E-state index contributed by atoms with van der Waals surface area (Å²) < 4.78 is 27.1. The van der Waals surface area contributed by atoms with Crippen LogP contribution in [0.4, 0.5) is 16.2 Å². The minimum absolute atomic E-state index is 0.166. The highest BCUT2D eigenvalue weighted by molar-refractivity contribution is 5.98. The Morgan fingerprint density at radius 2 is 1.49 bits per heavy atom. The summed E-state index contributed by atoms with van der Waals surface area (Å²) in [6, 6.07) is 17.9. The normalized spacial score (nSPS) is 12.6. The molecule has 0 bridgehead atoms. The SMILES string of the molecule is CC(C)(C)OC(=O)Oc1cccc(-c2ccc(C(=O)OC(C)(C)C)c(Nc3ccc4c(c3)OCO4)c2)c1. The van der Waals surface area contributed by atoms with Gasteiger partial charge < -0.3 is 29.0 Å². The third kappa shape index (κ3) is 6.94. The molecule has 0 radical (unpaired) electrons. The molecule has 0 amide bonds. The van der Waals surface area contributed by atoms with Gasteiger partial charge in [0.15, 0.2) is 11.5 Å². The molecule has 0 unspecified atom stereocenters. The van der Waals surface area contributed by atoms with Crippen LogP contribution >= 0.6 is 0 Å². The Labute approximate surface area is 216 Å². The zero-order chi connectivity index (χ0) is 26.8. The summed E-state index contributed by atoms with van der Waals surface area (Å²) in [6.45, 7) is 10.9. The smallest absolute Gasteiger partial charge is 0.456 e. The molecule has 0 atom stereocenters. The summed E-state index contributed by atoms with van der Waals surface area (Å²) >= 11 is 0. The molecule has 1 aliphatic rings. The molecule has 0 spiro atoms. The van der Waals surface area contributed by atoms with Gasteiger partial charge in [-0.15, -0.1) is 0 Å². The Morgan fingerprint density at radius 1 is 0.784 bits per heavy atom. The lowest BCUT2D eigenvalue weighted by molar-refractivity contribution is 0.00695. The van der Waals surface area contributed by atoms with Crippen molar-refractivity contribution in [1.82, 2.24) is 0 Å². The van der Waals surface area contributed by atoms with Gasteiger partial charge in [-0.3, -0.25) is 0 Å². The summed E-state index contributed by atoms with van der Waals surface area (Å²) in [7, 11) is 0. The van der Waals surface area contributed by atoms with Gasteiger partial charge in [0.1, 0.15) is 17.0 Å². The van der Waals surface area contributed by atoms with E-state index in [9.17, 15) is 9.59 Å². The third-order valence-corrected chi connectivity index (χ3v) is 5.05. The van der Waals surface area contributed by atoms with Gasteiger partial charge in [0.25, 0.3) is 0 Å². The second-order valence-corrected chi connectivity index (χ2v) is 10.5. The van der Waals surface area contributed by atoms with Gasteiger partial charge in [0, 0.05) is 11.8 Å². The maximum atomic E-state index is 13.0. The number of hydrogen-bond acceptors (Lipinski definition) is 8. The molecule has 3 aromatic rings. The van der Waals surface area contributed by atoms with Crippen molar-refractivity contribution in [3.63, 3.8) is 0 Å². The minimum atomic E-state index is -0.782. The number of fused-ring (bicyclic) bond motifs is 1. The largest absolute Gasteiger partial charge is 0.514 e. The molecule has 37 heavy (non-hydrogen) atoms. The summed E-state index contributed by atoms with van der Waals surface area (Å²) in [5.74, 6) is 1.16. The average molecular weight is 506 g/mol. The summed E-state index contributed by atoms with van der Waals surface area (Å²) in [6.07, 6.45) is -0.782. The molecular formula is C29H31NO7. The fourth-order valence-corrected chi connectivity index (χ4v) is 3.57. The fraction of sp³-hybridized carbons (Fsp3) is 0.310. The zero-order valence-corrected chi connectivity index (χ0v) is 21.8. The van der Waals surface area contributed by atoms with E-state index in [1.165, 1.54) is 0 Å². The van der Waals surface area contributed by atoms with E-state index in [4.69, 9.17) is 23.7 Å². The van der Waals surface area contributed by atoms with Crippen LogP contribution in [0.5, 0.6) is 17.2 Å². The quantitative estimate of drug-likeness (QED) is 0.290. The number of hydrogen-bond donors (Lipinski definition) is 1. The highest BCUT2D eigenvalue weighted by Gasteiger charge is 2.22. The first-order chi connectivity index (χ1) is 17.4. The van der Waals surface area contributed by atoms with Crippen molar-refractivity contribution < 1.29 is 33.3 Å². The molecular weight excluding hydrogens is 474 g/mol. The Kier molecular flexibility index (Phi) is 7.03. The second kappa shape index (κ2) is 10.0. The molecule has 1 heterocycles. The maximum absolute atomic E-state index is 13.0. The van der Waals surface area contributed by atoms with E-state index in [2.05, 4.69) is 5.32 Å². The van der Waals surface area contributed by atoms with Crippen LogP contribution in [0.1, 0.15) is 51.9 Å². The van der Waals surface area contributed by atoms with Crippen LogP contribution in [-0.4, -0.2) is 30.1 Å². The van der Waals surface area contributed by atoms with Crippen LogP contribution in [-0.2, 0) is 9.47 Å². The van der Waals surface area contributed by atoms with Crippen molar-refractivity contribution >= 4 is 23.5 Å². The van der Waals surface area contributed by atoms with Gasteiger partial charge in [-0.05, 0) is 89.1 Å². The first-order valence-corrected chi connectivity index (χ1v) is 11.9. The van der Waals surface area contributed by atoms with E-state index < -0.39 is 23.3 Å². The number of rotatable bonds is 5. The van der Waals surface area contributed by atoms with Crippen molar-refractivity contribution in [2.45, 2.75) is 52.7 Å². The van der Waals surface area contributed by atoms with Crippen LogP contribution in [0.15, 0.2) is 60.7 Å². The Balaban J connectivity index is 1.66. The Bertz CT molecular complexity index is 1320. The molecule has 0 fully saturated rings. The van der Waals surface area contributed by atoms with E-state index >= 15 is 0 Å². The molecule has 0 aromatic heterocycles. The molecule has 8 nitrogen and oxygen atoms in total. The number of benzene rings is 3. The first kappa shape index (κ1) is 25.9. The first-order valence-electron chi connectivity index (χ1n) is 11.9. The predicted octanol–water partition coefficient (Wildman–Crippen LogP) is 7.10. The van der Waals surface area contributed by atoms with E-state index in [1.54, 1.807) is 51.1 Å². The highest BCUT2D eigenvalue weighted by Crippen LogP contribution is 2.37. The molecule has 0 saturated heterocycles. The van der Waals surface area contributed by atoms with E-state index in [0.29, 0.717) is 34.2 Å². The van der Waals surface area contributed by atoms with Crippen LogP contribution < -0.4 is 19.5 Å². The lowest BCUT2D eigenvalue weighted by atomic mass is 10.0. The zero-order valence-electron chi connectivity index (χ0n) is 21.8. The average Bonchev–Trinajstić information content (AvgIpc) is 3.24.